The molecular weight excluding hydrogens is 811 g/mol. The minimum atomic E-state index is -0.555. The van der Waals surface area contributed by atoms with Crippen molar-refractivity contribution in [1.82, 2.24) is 0 Å². The summed E-state index contributed by atoms with van der Waals surface area (Å²) in [6.45, 7) is 0. The van der Waals surface area contributed by atoms with Crippen molar-refractivity contribution in [2.75, 3.05) is 4.90 Å². The van der Waals surface area contributed by atoms with Gasteiger partial charge in [-0.2, -0.15) is 0 Å². The van der Waals surface area contributed by atoms with Crippen LogP contribution in [0, 0.1) is 0 Å². The number of nitrogens with zero attached hydrogens (tertiary/aromatic N) is 1. The lowest BCUT2D eigenvalue weighted by molar-refractivity contribution is 0.672. The summed E-state index contributed by atoms with van der Waals surface area (Å²) in [6, 6.07) is 95.0. The predicted octanol–water partition coefficient (Wildman–Crippen LogP) is 17.6. The van der Waals surface area contributed by atoms with Crippen molar-refractivity contribution in [2.24, 2.45) is 0 Å². The number of hydrogen-bond acceptors (Lipinski definition) is 2. The van der Waals surface area contributed by atoms with Gasteiger partial charge in [0, 0.05) is 22.1 Å². The molecule has 0 unspecified atom stereocenters. The molecule has 67 heavy (non-hydrogen) atoms. The molecule has 1 aliphatic rings. The van der Waals surface area contributed by atoms with Gasteiger partial charge < -0.3 is 9.32 Å². The third-order valence-electron chi connectivity index (χ3n) is 13.9. The second kappa shape index (κ2) is 15.8. The molecule has 2 nitrogen and oxygen atoms in total. The van der Waals surface area contributed by atoms with E-state index in [0.717, 1.165) is 60.9 Å². The van der Waals surface area contributed by atoms with E-state index >= 15 is 0 Å². The van der Waals surface area contributed by atoms with E-state index in [1.165, 1.54) is 55.6 Å². The Balaban J connectivity index is 1.08. The van der Waals surface area contributed by atoms with Crippen LogP contribution in [0.15, 0.2) is 265 Å². The topological polar surface area (TPSA) is 16.4 Å². The highest BCUT2D eigenvalue weighted by Gasteiger charge is 2.46. The molecule has 0 amide bonds. The van der Waals surface area contributed by atoms with Crippen LogP contribution in [0.25, 0.3) is 77.2 Å². The fourth-order valence-corrected chi connectivity index (χ4v) is 11.0. The Morgan fingerprint density at radius 1 is 0.313 bits per heavy atom. The van der Waals surface area contributed by atoms with Gasteiger partial charge in [0.1, 0.15) is 11.2 Å². The molecule has 2 heteroatoms. The lowest BCUT2D eigenvalue weighted by atomic mass is 9.67. The Kier molecular flexibility index (Phi) is 9.11. The molecule has 314 valence electrons. The predicted molar refractivity (Wildman–Crippen MR) is 280 cm³/mol. The summed E-state index contributed by atoms with van der Waals surface area (Å²) in [4.78, 5) is 2.46. The van der Waals surface area contributed by atoms with Gasteiger partial charge in [-0.3, -0.25) is 0 Å². The Hall–Kier alpha value is -8.72. The van der Waals surface area contributed by atoms with Crippen LogP contribution >= 0.6 is 0 Å². The molecular formula is C65H43NO. The molecule has 12 aromatic rings. The number of benzene rings is 11. The maximum Gasteiger partial charge on any atom is 0.143 e. The Labute approximate surface area is 390 Å². The second-order valence-corrected chi connectivity index (χ2v) is 17.6. The van der Waals surface area contributed by atoms with Crippen molar-refractivity contribution in [1.29, 1.82) is 0 Å². The zero-order valence-corrected chi connectivity index (χ0v) is 36.7. The van der Waals surface area contributed by atoms with Crippen LogP contribution < -0.4 is 4.90 Å². The average molecular weight is 854 g/mol. The normalized spacial score (nSPS) is 12.6. The molecule has 0 bridgehead atoms. The van der Waals surface area contributed by atoms with Crippen molar-refractivity contribution in [3.63, 3.8) is 0 Å². The average Bonchev–Trinajstić information content (AvgIpc) is 3.94. The molecule has 0 N–H and O–H groups in total. The van der Waals surface area contributed by atoms with Gasteiger partial charge >= 0.3 is 0 Å². The molecule has 1 heterocycles. The number of hydrogen-bond donors (Lipinski definition) is 0. The first-order valence-corrected chi connectivity index (χ1v) is 23.1. The molecule has 0 aliphatic heterocycles. The Bertz CT molecular complexity index is 3740. The first-order chi connectivity index (χ1) is 33.2. The van der Waals surface area contributed by atoms with Gasteiger partial charge in [-0.1, -0.05) is 218 Å². The summed E-state index contributed by atoms with van der Waals surface area (Å²) < 4.78 is 7.03. The van der Waals surface area contributed by atoms with Crippen molar-refractivity contribution in [3.8, 4) is 44.5 Å². The van der Waals surface area contributed by atoms with Crippen molar-refractivity contribution in [2.45, 2.75) is 5.41 Å². The van der Waals surface area contributed by atoms with Crippen LogP contribution in [0.5, 0.6) is 0 Å². The third-order valence-corrected chi connectivity index (χ3v) is 13.9. The third kappa shape index (κ3) is 6.18. The molecule has 1 aromatic heterocycles. The van der Waals surface area contributed by atoms with Gasteiger partial charge in [0.25, 0.3) is 0 Å². The minimum absolute atomic E-state index is 0.555. The lowest BCUT2D eigenvalue weighted by Crippen LogP contribution is -2.28. The molecule has 0 saturated heterocycles. The van der Waals surface area contributed by atoms with Crippen molar-refractivity contribution >= 4 is 49.8 Å². The van der Waals surface area contributed by atoms with Crippen LogP contribution in [0.4, 0.5) is 17.1 Å². The van der Waals surface area contributed by atoms with E-state index in [1.54, 1.807) is 0 Å². The monoisotopic (exact) mass is 853 g/mol. The highest BCUT2D eigenvalue weighted by molar-refractivity contribution is 6.22. The summed E-state index contributed by atoms with van der Waals surface area (Å²) in [7, 11) is 0. The molecule has 1 aliphatic carbocycles. The van der Waals surface area contributed by atoms with E-state index in [1.807, 2.05) is 0 Å². The van der Waals surface area contributed by atoms with Gasteiger partial charge in [-0.05, 0) is 115 Å². The molecule has 0 atom stereocenters. The summed E-state index contributed by atoms with van der Waals surface area (Å²) >= 11 is 0. The van der Waals surface area contributed by atoms with E-state index in [2.05, 4.69) is 266 Å². The maximum atomic E-state index is 7.03. The highest BCUT2D eigenvalue weighted by Crippen LogP contribution is 2.58. The molecule has 13 rings (SSSR count). The number of rotatable bonds is 8. The quantitative estimate of drug-likeness (QED) is 0.151. The summed E-state index contributed by atoms with van der Waals surface area (Å²) in [5.74, 6) is 0. The molecule has 11 aromatic carbocycles. The fourth-order valence-electron chi connectivity index (χ4n) is 11.0. The van der Waals surface area contributed by atoms with E-state index in [0.29, 0.717) is 0 Å². The number of furan rings is 1. The van der Waals surface area contributed by atoms with Crippen LogP contribution in [-0.2, 0) is 5.41 Å². The minimum Gasteiger partial charge on any atom is -0.455 e. The molecule has 0 fully saturated rings. The van der Waals surface area contributed by atoms with Gasteiger partial charge in [-0.15, -0.1) is 0 Å². The lowest BCUT2D eigenvalue weighted by Gasteiger charge is -2.35. The van der Waals surface area contributed by atoms with Gasteiger partial charge in [0.05, 0.1) is 16.5 Å². The van der Waals surface area contributed by atoms with Crippen LogP contribution in [0.2, 0.25) is 0 Å². The Morgan fingerprint density at radius 3 is 1.57 bits per heavy atom. The summed E-state index contributed by atoms with van der Waals surface area (Å²) in [5.41, 5.74) is 18.9. The molecule has 0 saturated carbocycles. The van der Waals surface area contributed by atoms with Crippen LogP contribution in [0.3, 0.4) is 0 Å². The fraction of sp³-hybridized carbons (Fsp3) is 0.0154. The SMILES string of the molecule is c1ccc(-c2ccc(-c3cc4c(oc5cccc(N(c6cccc(-c7ccccc7)c6)c6ccc7c(c6)C(c6ccccc6)(c6ccccc6)c6ccccc6-7)c54)c4ccccc34)cc2)cc1. The van der Waals surface area contributed by atoms with E-state index in [9.17, 15) is 0 Å². The largest absolute Gasteiger partial charge is 0.455 e. The number of anilines is 3. The zero-order chi connectivity index (χ0) is 44.3. The van der Waals surface area contributed by atoms with Gasteiger partial charge in [0.15, 0.2) is 0 Å². The number of fused-ring (bicyclic) bond motifs is 8. The highest BCUT2D eigenvalue weighted by atomic mass is 16.3. The molecule has 0 spiro atoms. The first kappa shape index (κ1) is 38.7. The smallest absolute Gasteiger partial charge is 0.143 e. The van der Waals surface area contributed by atoms with Crippen LogP contribution in [0.1, 0.15) is 22.3 Å². The maximum absolute atomic E-state index is 7.03. The zero-order valence-electron chi connectivity index (χ0n) is 36.7. The molecule has 0 radical (unpaired) electrons. The summed E-state index contributed by atoms with van der Waals surface area (Å²) in [6.07, 6.45) is 0. The first-order valence-electron chi connectivity index (χ1n) is 23.1. The van der Waals surface area contributed by atoms with Gasteiger partial charge in [0.2, 0.25) is 0 Å². The second-order valence-electron chi connectivity index (χ2n) is 17.6. The Morgan fingerprint density at radius 2 is 0.851 bits per heavy atom. The van der Waals surface area contributed by atoms with E-state index < -0.39 is 5.41 Å². The van der Waals surface area contributed by atoms with Gasteiger partial charge in [-0.25, -0.2) is 0 Å². The van der Waals surface area contributed by atoms with Crippen molar-refractivity contribution in [3.05, 3.63) is 283 Å². The van der Waals surface area contributed by atoms with Crippen LogP contribution in [-0.4, -0.2) is 0 Å². The van der Waals surface area contributed by atoms with E-state index in [-0.39, 0.29) is 0 Å². The van der Waals surface area contributed by atoms with E-state index in [4.69, 9.17) is 4.42 Å². The summed E-state index contributed by atoms with van der Waals surface area (Å²) in [5, 5.41) is 4.39. The standard InChI is InChI=1S/C65H43NO/c1-5-19-44(20-6-1)46-35-37-47(38-36-46)57-43-58-63-61(33-18-34-62(63)67-64(58)56-31-14-13-29-53(56)57)66(51-28-17-23-48(41-51)45-21-7-2-8-22-45)52-39-40-55-54-30-15-16-32-59(54)65(60(55)42-52,49-24-9-3-10-25-49)50-26-11-4-12-27-50/h1-43H. The van der Waals surface area contributed by atoms with Crippen molar-refractivity contribution < 1.29 is 4.42 Å².